The number of hydrogen-bond donors (Lipinski definition) is 1. The van der Waals surface area contributed by atoms with Crippen molar-refractivity contribution in [3.8, 4) is 5.75 Å². The van der Waals surface area contributed by atoms with Gasteiger partial charge < -0.3 is 14.7 Å². The van der Waals surface area contributed by atoms with Gasteiger partial charge in [0.15, 0.2) is 0 Å². The van der Waals surface area contributed by atoms with Gasteiger partial charge in [0.1, 0.15) is 12.3 Å². The molecule has 5 nitrogen and oxygen atoms in total. The topological polar surface area (TPSA) is 66.8 Å². The van der Waals surface area contributed by atoms with Gasteiger partial charge in [-0.15, -0.1) is 0 Å². The molecule has 0 saturated heterocycles. The molecule has 0 bridgehead atoms. The second-order valence-electron chi connectivity index (χ2n) is 4.47. The molecule has 1 amide bonds. The Bertz CT molecular complexity index is 486. The van der Waals surface area contributed by atoms with E-state index >= 15 is 0 Å². The third-order valence-electron chi connectivity index (χ3n) is 3.28. The predicted molar refractivity (Wildman–Crippen MR) is 69.2 cm³/mol. The van der Waals surface area contributed by atoms with E-state index in [-0.39, 0.29) is 18.4 Å². The van der Waals surface area contributed by atoms with Gasteiger partial charge in [-0.1, -0.05) is 18.2 Å². The van der Waals surface area contributed by atoms with E-state index in [0.717, 1.165) is 11.3 Å². The second-order valence-corrected chi connectivity index (χ2v) is 4.47. The van der Waals surface area contributed by atoms with Crippen LogP contribution in [-0.2, 0) is 9.59 Å². The van der Waals surface area contributed by atoms with Gasteiger partial charge in [-0.3, -0.25) is 9.59 Å². The Morgan fingerprint density at radius 1 is 1.42 bits per heavy atom. The number of aliphatic carboxylic acids is 1. The molecule has 0 saturated carbocycles. The number of fused-ring (bicyclic) bond motifs is 1. The van der Waals surface area contributed by atoms with E-state index in [2.05, 4.69) is 0 Å². The monoisotopic (exact) mass is 263 g/mol. The molecule has 5 heteroatoms. The highest BCUT2D eigenvalue weighted by molar-refractivity contribution is 5.87. The maximum atomic E-state index is 12.4. The van der Waals surface area contributed by atoms with Gasteiger partial charge >= 0.3 is 5.97 Å². The van der Waals surface area contributed by atoms with Crippen molar-refractivity contribution in [2.45, 2.75) is 19.3 Å². The van der Waals surface area contributed by atoms with Gasteiger partial charge in [0.25, 0.3) is 0 Å². The second kappa shape index (κ2) is 5.73. The molecule has 0 aliphatic carbocycles. The summed E-state index contributed by atoms with van der Waals surface area (Å²) in [5, 5.41) is 8.84. The van der Waals surface area contributed by atoms with Crippen LogP contribution in [0.3, 0.4) is 0 Å². The number of carboxylic acid groups (broad SMARTS) is 1. The molecule has 0 aromatic heterocycles. The Hall–Kier alpha value is -2.04. The molecule has 1 unspecified atom stereocenters. The fourth-order valence-corrected chi connectivity index (χ4v) is 2.33. The van der Waals surface area contributed by atoms with Crippen molar-refractivity contribution in [3.63, 3.8) is 0 Å². The lowest BCUT2D eigenvalue weighted by Crippen LogP contribution is -2.40. The molecular weight excluding hydrogens is 246 g/mol. The van der Waals surface area contributed by atoms with Gasteiger partial charge in [0.05, 0.1) is 12.5 Å². The van der Waals surface area contributed by atoms with Gasteiger partial charge in [0.2, 0.25) is 5.91 Å². The number of amides is 1. The predicted octanol–water partition coefficient (Wildman–Crippen LogP) is 1.49. The van der Waals surface area contributed by atoms with Crippen LogP contribution in [0.4, 0.5) is 0 Å². The minimum Gasteiger partial charge on any atom is -0.493 e. The van der Waals surface area contributed by atoms with Crippen LogP contribution < -0.4 is 4.74 Å². The first-order chi connectivity index (χ1) is 9.13. The number of ether oxygens (including phenoxy) is 1. The molecule has 1 aromatic rings. The molecular formula is C14H17NO4. The van der Waals surface area contributed by atoms with Crippen LogP contribution in [0.1, 0.15) is 24.8 Å². The van der Waals surface area contributed by atoms with E-state index in [1.165, 1.54) is 4.90 Å². The fraction of sp³-hybridized carbons (Fsp3) is 0.429. The maximum Gasteiger partial charge on any atom is 0.323 e. The number of carboxylic acids is 1. The average Bonchev–Trinajstić information content (AvgIpc) is 2.43. The summed E-state index contributed by atoms with van der Waals surface area (Å²) in [6.07, 6.45) is 0.589. The summed E-state index contributed by atoms with van der Waals surface area (Å²) in [4.78, 5) is 24.6. The zero-order valence-electron chi connectivity index (χ0n) is 10.8. The number of hydrogen-bond acceptors (Lipinski definition) is 3. The molecule has 102 valence electrons. The highest BCUT2D eigenvalue weighted by Gasteiger charge is 2.30. The van der Waals surface area contributed by atoms with Crippen LogP contribution in [0.15, 0.2) is 24.3 Å². The Kier molecular flexibility index (Phi) is 4.04. The molecule has 0 radical (unpaired) electrons. The third-order valence-corrected chi connectivity index (χ3v) is 3.28. The summed E-state index contributed by atoms with van der Waals surface area (Å²) in [5.41, 5.74) is 0.850. The quantitative estimate of drug-likeness (QED) is 0.893. The minimum atomic E-state index is -0.990. The molecule has 1 aliphatic rings. The van der Waals surface area contributed by atoms with E-state index in [0.29, 0.717) is 19.6 Å². The van der Waals surface area contributed by atoms with Crippen molar-refractivity contribution in [2.24, 2.45) is 0 Å². The molecule has 0 fully saturated rings. The standard InChI is InChI=1S/C14H17NO4/c1-2-15(9-13(16)17)14(18)11-7-8-19-12-6-4-3-5-10(11)12/h3-6,11H,2,7-9H2,1H3,(H,16,17). The van der Waals surface area contributed by atoms with Gasteiger partial charge in [-0.05, 0) is 19.4 Å². The first kappa shape index (κ1) is 13.4. The van der Waals surface area contributed by atoms with Gasteiger partial charge in [0, 0.05) is 12.1 Å². The van der Waals surface area contributed by atoms with Crippen LogP contribution in [0, 0.1) is 0 Å². The lowest BCUT2D eigenvalue weighted by molar-refractivity contribution is -0.145. The van der Waals surface area contributed by atoms with E-state index < -0.39 is 5.97 Å². The van der Waals surface area contributed by atoms with Crippen LogP contribution in [0.25, 0.3) is 0 Å². The minimum absolute atomic E-state index is 0.138. The highest BCUT2D eigenvalue weighted by Crippen LogP contribution is 2.34. The molecule has 0 spiro atoms. The summed E-state index contributed by atoms with van der Waals surface area (Å²) in [5.74, 6) is -0.709. The Labute approximate surface area is 111 Å². The Morgan fingerprint density at radius 2 is 2.16 bits per heavy atom. The van der Waals surface area contributed by atoms with E-state index in [1.807, 2.05) is 24.3 Å². The van der Waals surface area contributed by atoms with Crippen LogP contribution in [0.2, 0.25) is 0 Å². The van der Waals surface area contributed by atoms with Crippen LogP contribution >= 0.6 is 0 Å². The van der Waals surface area contributed by atoms with E-state index in [1.54, 1.807) is 6.92 Å². The van der Waals surface area contributed by atoms with Gasteiger partial charge in [-0.25, -0.2) is 0 Å². The van der Waals surface area contributed by atoms with Gasteiger partial charge in [-0.2, -0.15) is 0 Å². The molecule has 1 aliphatic heterocycles. The molecule has 1 aromatic carbocycles. The number of nitrogens with zero attached hydrogens (tertiary/aromatic N) is 1. The van der Waals surface area contributed by atoms with Crippen LogP contribution in [-0.4, -0.2) is 41.6 Å². The van der Waals surface area contributed by atoms with Crippen LogP contribution in [0.5, 0.6) is 5.75 Å². The largest absolute Gasteiger partial charge is 0.493 e. The zero-order chi connectivity index (χ0) is 13.8. The summed E-state index contributed by atoms with van der Waals surface area (Å²) in [6, 6.07) is 7.43. The number of likely N-dealkylation sites (N-methyl/N-ethyl adjacent to an activating group) is 1. The third kappa shape index (κ3) is 2.86. The van der Waals surface area contributed by atoms with Crippen molar-refractivity contribution in [1.82, 2.24) is 4.90 Å². The summed E-state index contributed by atoms with van der Waals surface area (Å²) >= 11 is 0. The first-order valence-electron chi connectivity index (χ1n) is 6.35. The number of benzene rings is 1. The first-order valence-corrected chi connectivity index (χ1v) is 6.35. The maximum absolute atomic E-state index is 12.4. The van der Waals surface area contributed by atoms with Crippen molar-refractivity contribution in [1.29, 1.82) is 0 Å². The summed E-state index contributed by atoms with van der Waals surface area (Å²) in [6.45, 7) is 2.41. The molecule has 1 heterocycles. The van der Waals surface area contributed by atoms with E-state index in [9.17, 15) is 9.59 Å². The molecule has 1 atom stereocenters. The SMILES string of the molecule is CCN(CC(=O)O)C(=O)C1CCOc2ccccc21. The smallest absolute Gasteiger partial charge is 0.323 e. The summed E-state index contributed by atoms with van der Waals surface area (Å²) in [7, 11) is 0. The zero-order valence-corrected chi connectivity index (χ0v) is 10.8. The fourth-order valence-electron chi connectivity index (χ4n) is 2.33. The lowest BCUT2D eigenvalue weighted by Gasteiger charge is -2.29. The summed E-state index contributed by atoms with van der Waals surface area (Å²) < 4.78 is 5.51. The lowest BCUT2D eigenvalue weighted by atomic mass is 9.92. The highest BCUT2D eigenvalue weighted by atomic mass is 16.5. The van der Waals surface area contributed by atoms with E-state index in [4.69, 9.17) is 9.84 Å². The normalized spacial score (nSPS) is 17.2. The number of carbonyl (C=O) groups excluding carboxylic acids is 1. The molecule has 2 rings (SSSR count). The van der Waals surface area contributed by atoms with Crippen molar-refractivity contribution in [3.05, 3.63) is 29.8 Å². The number of rotatable bonds is 4. The van der Waals surface area contributed by atoms with Crippen molar-refractivity contribution in [2.75, 3.05) is 19.7 Å². The average molecular weight is 263 g/mol. The van der Waals surface area contributed by atoms with Crippen molar-refractivity contribution >= 4 is 11.9 Å². The number of para-hydroxylation sites is 1. The Morgan fingerprint density at radius 3 is 2.84 bits per heavy atom. The molecule has 19 heavy (non-hydrogen) atoms. The Balaban J connectivity index is 2.22. The molecule has 1 N–H and O–H groups in total. The van der Waals surface area contributed by atoms with Crippen molar-refractivity contribution < 1.29 is 19.4 Å². The number of carbonyl (C=O) groups is 2.